The van der Waals surface area contributed by atoms with Gasteiger partial charge in [-0.05, 0) is 78.6 Å². The molecule has 1 aliphatic carbocycles. The minimum Gasteiger partial charge on any atom is -0.366 e. The predicted molar refractivity (Wildman–Crippen MR) is 90.9 cm³/mol. The van der Waals surface area contributed by atoms with Crippen molar-refractivity contribution in [1.29, 1.82) is 0 Å². The van der Waals surface area contributed by atoms with E-state index in [9.17, 15) is 0 Å². The van der Waals surface area contributed by atoms with E-state index >= 15 is 0 Å². The van der Waals surface area contributed by atoms with Crippen LogP contribution in [-0.2, 0) is 9.47 Å². The maximum Gasteiger partial charge on any atom is 0.0923 e. The van der Waals surface area contributed by atoms with Gasteiger partial charge in [-0.3, -0.25) is 0 Å². The van der Waals surface area contributed by atoms with Crippen molar-refractivity contribution in [3.63, 3.8) is 0 Å². The second kappa shape index (κ2) is 5.79. The Hall–Kier alpha value is -0.600. The first kappa shape index (κ1) is 16.3. The van der Waals surface area contributed by atoms with Crippen molar-refractivity contribution < 1.29 is 9.47 Å². The number of hydrogen-bond acceptors (Lipinski definition) is 2. The molecule has 2 saturated heterocycles. The number of fused-ring (bicyclic) bond motifs is 2. The molecular weight excluding hydrogens is 272 g/mol. The van der Waals surface area contributed by atoms with Crippen LogP contribution in [0.4, 0.5) is 0 Å². The Kier molecular flexibility index (Phi) is 4.28. The van der Waals surface area contributed by atoms with Crippen molar-refractivity contribution in [3.05, 3.63) is 23.8 Å². The normalized spacial score (nSPS) is 48.2. The van der Waals surface area contributed by atoms with Crippen molar-refractivity contribution in [1.82, 2.24) is 0 Å². The van der Waals surface area contributed by atoms with Crippen LogP contribution in [0.3, 0.4) is 0 Å². The Bertz CT molecular complexity index is 480. The third-order valence-corrected chi connectivity index (χ3v) is 6.19. The zero-order chi connectivity index (χ0) is 16.0. The quantitative estimate of drug-likeness (QED) is 0.492. The molecule has 0 bridgehead atoms. The maximum atomic E-state index is 6.06. The van der Waals surface area contributed by atoms with Crippen LogP contribution in [0.2, 0.25) is 0 Å². The average Bonchev–Trinajstić information content (AvgIpc) is 3.28. The topological polar surface area (TPSA) is 25.1 Å². The molecular formula is C20H32O2. The summed E-state index contributed by atoms with van der Waals surface area (Å²) in [6, 6.07) is 0. The molecule has 5 atom stereocenters. The first-order chi connectivity index (χ1) is 10.3. The van der Waals surface area contributed by atoms with Gasteiger partial charge >= 0.3 is 0 Å². The van der Waals surface area contributed by atoms with E-state index in [0.717, 1.165) is 25.7 Å². The fraction of sp³-hybridized carbons (Fsp3) is 0.800. The van der Waals surface area contributed by atoms with Gasteiger partial charge in [0.25, 0.3) is 0 Å². The molecule has 0 aromatic carbocycles. The van der Waals surface area contributed by atoms with Gasteiger partial charge in [0.15, 0.2) is 0 Å². The highest BCUT2D eigenvalue weighted by atomic mass is 16.6. The zero-order valence-electron chi connectivity index (χ0n) is 14.8. The molecule has 2 aliphatic heterocycles. The van der Waals surface area contributed by atoms with E-state index < -0.39 is 0 Å². The van der Waals surface area contributed by atoms with Crippen LogP contribution < -0.4 is 0 Å². The highest BCUT2D eigenvalue weighted by molar-refractivity contribution is 5.10. The summed E-state index contributed by atoms with van der Waals surface area (Å²) < 4.78 is 12.1. The predicted octanol–water partition coefficient (Wildman–Crippen LogP) is 5.18. The molecule has 0 saturated carbocycles. The lowest BCUT2D eigenvalue weighted by atomic mass is 9.84. The van der Waals surface area contributed by atoms with Gasteiger partial charge in [0.2, 0.25) is 0 Å². The molecule has 2 nitrogen and oxygen atoms in total. The molecule has 0 N–H and O–H groups in total. The van der Waals surface area contributed by atoms with Crippen LogP contribution >= 0.6 is 0 Å². The summed E-state index contributed by atoms with van der Waals surface area (Å²) in [7, 11) is 0. The number of allylic oxidation sites excluding steroid dienone is 3. The minimum absolute atomic E-state index is 0.108. The van der Waals surface area contributed by atoms with E-state index in [4.69, 9.17) is 9.47 Å². The van der Waals surface area contributed by atoms with Crippen LogP contribution in [0.15, 0.2) is 23.8 Å². The van der Waals surface area contributed by atoms with E-state index in [1.54, 1.807) is 0 Å². The lowest BCUT2D eigenvalue weighted by Crippen LogP contribution is -2.17. The molecule has 0 aromatic heterocycles. The maximum absolute atomic E-state index is 6.06. The smallest absolute Gasteiger partial charge is 0.0923 e. The standard InChI is InChI=1S/C20H32O2/c1-14(2)16-10-12-20(5)17(21-20)9-8-15(3)7-6-11-19(4)18(13-16)22-19/h7,16-18H,1,6,8-13H2,2-5H3/b15-7+/t16-,17+,18+,19?,20+/m1/s1. The Morgan fingerprint density at radius 1 is 1.14 bits per heavy atom. The lowest BCUT2D eigenvalue weighted by molar-refractivity contribution is 0.269. The van der Waals surface area contributed by atoms with Crippen molar-refractivity contribution in [2.24, 2.45) is 5.92 Å². The van der Waals surface area contributed by atoms with E-state index in [2.05, 4.69) is 40.3 Å². The molecule has 0 aromatic rings. The van der Waals surface area contributed by atoms with Gasteiger partial charge in [0.05, 0.1) is 23.4 Å². The molecule has 1 unspecified atom stereocenters. The summed E-state index contributed by atoms with van der Waals surface area (Å²) >= 11 is 0. The van der Waals surface area contributed by atoms with E-state index in [0.29, 0.717) is 18.1 Å². The number of hydrogen-bond donors (Lipinski definition) is 0. The summed E-state index contributed by atoms with van der Waals surface area (Å²) in [5.74, 6) is 0.578. The SMILES string of the molecule is C=C(C)[C@@H]1CC[C@]2(C)O[C@H]2CC/C(C)=C/CCC2(C)O[C@H]2C1. The Morgan fingerprint density at radius 3 is 2.55 bits per heavy atom. The summed E-state index contributed by atoms with van der Waals surface area (Å²) in [6.45, 7) is 13.2. The van der Waals surface area contributed by atoms with Crippen LogP contribution in [0.25, 0.3) is 0 Å². The molecule has 2 heterocycles. The largest absolute Gasteiger partial charge is 0.366 e. The highest BCUT2D eigenvalue weighted by Crippen LogP contribution is 2.48. The fourth-order valence-corrected chi connectivity index (χ4v) is 4.03. The zero-order valence-corrected chi connectivity index (χ0v) is 14.8. The fourth-order valence-electron chi connectivity index (χ4n) is 4.03. The van der Waals surface area contributed by atoms with Crippen molar-refractivity contribution in [3.8, 4) is 0 Å². The second-order valence-electron chi connectivity index (χ2n) is 8.28. The van der Waals surface area contributed by atoms with Gasteiger partial charge in [-0.25, -0.2) is 0 Å². The third-order valence-electron chi connectivity index (χ3n) is 6.19. The molecule has 2 heteroatoms. The van der Waals surface area contributed by atoms with Crippen LogP contribution in [0.1, 0.15) is 72.6 Å². The van der Waals surface area contributed by atoms with Crippen LogP contribution in [0.5, 0.6) is 0 Å². The van der Waals surface area contributed by atoms with Gasteiger partial charge in [0.1, 0.15) is 0 Å². The molecule has 0 amide bonds. The molecule has 3 rings (SSSR count). The van der Waals surface area contributed by atoms with E-state index in [1.807, 2.05) is 0 Å². The molecule has 22 heavy (non-hydrogen) atoms. The van der Waals surface area contributed by atoms with Crippen molar-refractivity contribution >= 4 is 0 Å². The van der Waals surface area contributed by atoms with E-state index in [-0.39, 0.29) is 11.2 Å². The summed E-state index contributed by atoms with van der Waals surface area (Å²) in [6.07, 6.45) is 11.4. The van der Waals surface area contributed by atoms with Gasteiger partial charge in [0, 0.05) is 0 Å². The van der Waals surface area contributed by atoms with Crippen LogP contribution in [-0.4, -0.2) is 23.4 Å². The molecule has 124 valence electrons. The first-order valence-electron chi connectivity index (χ1n) is 8.99. The van der Waals surface area contributed by atoms with Gasteiger partial charge in [-0.1, -0.05) is 23.8 Å². The lowest BCUT2D eigenvalue weighted by Gasteiger charge is -2.18. The molecule has 2 fully saturated rings. The summed E-state index contributed by atoms with van der Waals surface area (Å²) in [5.41, 5.74) is 3.04. The number of ether oxygens (including phenoxy) is 2. The Balaban J connectivity index is 1.69. The van der Waals surface area contributed by atoms with Gasteiger partial charge in [-0.2, -0.15) is 0 Å². The Labute approximate surface area is 136 Å². The molecule has 3 aliphatic rings. The monoisotopic (exact) mass is 304 g/mol. The highest BCUT2D eigenvalue weighted by Gasteiger charge is 2.53. The van der Waals surface area contributed by atoms with Crippen molar-refractivity contribution in [2.45, 2.75) is 96.1 Å². The minimum atomic E-state index is 0.108. The summed E-state index contributed by atoms with van der Waals surface area (Å²) in [5, 5.41) is 0. The van der Waals surface area contributed by atoms with Gasteiger partial charge in [-0.15, -0.1) is 0 Å². The van der Waals surface area contributed by atoms with Crippen LogP contribution in [0, 0.1) is 5.92 Å². The van der Waals surface area contributed by atoms with Crippen molar-refractivity contribution in [2.75, 3.05) is 0 Å². The molecule has 0 spiro atoms. The third kappa shape index (κ3) is 3.49. The van der Waals surface area contributed by atoms with Gasteiger partial charge < -0.3 is 9.47 Å². The average molecular weight is 304 g/mol. The number of rotatable bonds is 1. The second-order valence-corrected chi connectivity index (χ2v) is 8.28. The first-order valence-corrected chi connectivity index (χ1v) is 8.99. The summed E-state index contributed by atoms with van der Waals surface area (Å²) in [4.78, 5) is 0. The van der Waals surface area contributed by atoms with E-state index in [1.165, 1.54) is 30.4 Å². The number of epoxide rings is 2. The molecule has 0 radical (unpaired) electrons. The Morgan fingerprint density at radius 2 is 1.82 bits per heavy atom.